The highest BCUT2D eigenvalue weighted by molar-refractivity contribution is 6.32. The van der Waals surface area contributed by atoms with Gasteiger partial charge in [-0.1, -0.05) is 31.5 Å². The van der Waals surface area contributed by atoms with Crippen molar-refractivity contribution in [2.24, 2.45) is 0 Å². The number of hydrogen-bond acceptors (Lipinski definition) is 4. The van der Waals surface area contributed by atoms with Crippen molar-refractivity contribution in [2.45, 2.75) is 33.4 Å². The van der Waals surface area contributed by atoms with Crippen LogP contribution >= 0.6 is 11.6 Å². The van der Waals surface area contributed by atoms with Crippen molar-refractivity contribution in [3.63, 3.8) is 0 Å². The number of halogens is 1. The minimum Gasteiger partial charge on any atom is -0.436 e. The van der Waals surface area contributed by atoms with Crippen LogP contribution in [0.3, 0.4) is 0 Å². The van der Waals surface area contributed by atoms with E-state index in [1.54, 1.807) is 12.4 Å². The van der Waals surface area contributed by atoms with E-state index in [0.29, 0.717) is 29.2 Å². The second-order valence-electron chi connectivity index (χ2n) is 4.92. The average molecular weight is 292 g/mol. The summed E-state index contributed by atoms with van der Waals surface area (Å²) in [6, 6.07) is 6.03. The van der Waals surface area contributed by atoms with Crippen LogP contribution in [-0.4, -0.2) is 16.0 Å². The Balaban J connectivity index is 2.11. The highest BCUT2D eigenvalue weighted by atomic mass is 35.5. The van der Waals surface area contributed by atoms with Gasteiger partial charge < -0.3 is 10.1 Å². The number of aromatic nitrogens is 2. The van der Waals surface area contributed by atoms with E-state index in [1.807, 2.05) is 25.1 Å². The largest absolute Gasteiger partial charge is 0.436 e. The van der Waals surface area contributed by atoms with Gasteiger partial charge >= 0.3 is 0 Å². The Hall–Kier alpha value is -1.65. The zero-order chi connectivity index (χ0) is 14.5. The third kappa shape index (κ3) is 4.18. The van der Waals surface area contributed by atoms with Crippen LogP contribution in [0.4, 0.5) is 0 Å². The zero-order valence-electron chi connectivity index (χ0n) is 11.9. The minimum absolute atomic E-state index is 0.396. The van der Waals surface area contributed by atoms with Crippen molar-refractivity contribution in [1.29, 1.82) is 0 Å². The maximum atomic E-state index is 6.14. The monoisotopic (exact) mass is 291 g/mol. The molecule has 1 heterocycles. The van der Waals surface area contributed by atoms with Gasteiger partial charge in [-0.15, -0.1) is 0 Å². The molecular weight excluding hydrogens is 274 g/mol. The van der Waals surface area contributed by atoms with E-state index in [9.17, 15) is 0 Å². The van der Waals surface area contributed by atoms with Crippen molar-refractivity contribution >= 4 is 11.6 Å². The Kier molecular flexibility index (Phi) is 4.93. The van der Waals surface area contributed by atoms with Gasteiger partial charge in [0.15, 0.2) is 0 Å². The number of nitrogens with one attached hydrogen (secondary N) is 1. The van der Waals surface area contributed by atoms with Crippen LogP contribution in [0.25, 0.3) is 0 Å². The molecule has 0 fully saturated rings. The molecule has 2 aromatic rings. The molecule has 0 atom stereocenters. The van der Waals surface area contributed by atoms with E-state index in [0.717, 1.165) is 11.3 Å². The minimum atomic E-state index is 0.396. The van der Waals surface area contributed by atoms with Gasteiger partial charge in [0.2, 0.25) is 5.88 Å². The summed E-state index contributed by atoms with van der Waals surface area (Å²) in [4.78, 5) is 8.53. The van der Waals surface area contributed by atoms with Gasteiger partial charge in [0, 0.05) is 18.8 Å². The van der Waals surface area contributed by atoms with Crippen LogP contribution in [0.1, 0.15) is 25.1 Å². The number of benzene rings is 1. The lowest BCUT2D eigenvalue weighted by molar-refractivity contribution is 0.455. The molecular formula is C15H18ClN3O. The average Bonchev–Trinajstić information content (AvgIpc) is 2.40. The number of nitrogens with zero attached hydrogens (tertiary/aromatic N) is 2. The lowest BCUT2D eigenvalue weighted by Crippen LogP contribution is -2.22. The van der Waals surface area contributed by atoms with E-state index in [-0.39, 0.29) is 0 Å². The SMILES string of the molecule is Cc1ccc(Oc2cncc(CNC(C)C)n2)c(Cl)c1. The highest BCUT2D eigenvalue weighted by Crippen LogP contribution is 2.28. The van der Waals surface area contributed by atoms with Crippen LogP contribution in [0, 0.1) is 6.92 Å². The first-order valence-electron chi connectivity index (χ1n) is 6.53. The van der Waals surface area contributed by atoms with Gasteiger partial charge in [-0.3, -0.25) is 4.98 Å². The topological polar surface area (TPSA) is 47.0 Å². The van der Waals surface area contributed by atoms with Crippen LogP contribution in [-0.2, 0) is 6.54 Å². The van der Waals surface area contributed by atoms with E-state index in [2.05, 4.69) is 29.1 Å². The van der Waals surface area contributed by atoms with E-state index in [1.165, 1.54) is 0 Å². The van der Waals surface area contributed by atoms with E-state index >= 15 is 0 Å². The fraction of sp³-hybridized carbons (Fsp3) is 0.333. The van der Waals surface area contributed by atoms with Crippen LogP contribution in [0.2, 0.25) is 5.02 Å². The molecule has 20 heavy (non-hydrogen) atoms. The van der Waals surface area contributed by atoms with Crippen LogP contribution < -0.4 is 10.1 Å². The first-order chi connectivity index (χ1) is 9.54. The number of aryl methyl sites for hydroxylation is 1. The summed E-state index contributed by atoms with van der Waals surface area (Å²) < 4.78 is 5.68. The van der Waals surface area contributed by atoms with Crippen molar-refractivity contribution in [2.75, 3.05) is 0 Å². The molecule has 1 N–H and O–H groups in total. The number of hydrogen-bond donors (Lipinski definition) is 1. The summed E-state index contributed by atoms with van der Waals surface area (Å²) in [6.45, 7) is 6.80. The fourth-order valence-corrected chi connectivity index (χ4v) is 1.90. The summed E-state index contributed by atoms with van der Waals surface area (Å²) in [6.07, 6.45) is 3.30. The molecule has 0 aliphatic rings. The second-order valence-corrected chi connectivity index (χ2v) is 5.33. The molecule has 0 saturated heterocycles. The standard InChI is InChI=1S/C15H18ClN3O/c1-10(2)18-8-12-7-17-9-15(19-12)20-14-5-4-11(3)6-13(14)16/h4-7,9-10,18H,8H2,1-3H3. The normalized spacial score (nSPS) is 10.8. The molecule has 0 radical (unpaired) electrons. The predicted molar refractivity (Wildman–Crippen MR) is 80.3 cm³/mol. The first kappa shape index (κ1) is 14.8. The molecule has 1 aromatic heterocycles. The molecule has 0 unspecified atom stereocenters. The Morgan fingerprint density at radius 3 is 2.80 bits per heavy atom. The van der Waals surface area contributed by atoms with Crippen molar-refractivity contribution < 1.29 is 4.74 Å². The maximum absolute atomic E-state index is 6.14. The molecule has 0 saturated carbocycles. The van der Waals surface area contributed by atoms with Gasteiger partial charge in [-0.2, -0.15) is 0 Å². The molecule has 2 rings (SSSR count). The van der Waals surface area contributed by atoms with Crippen molar-refractivity contribution in [1.82, 2.24) is 15.3 Å². The Morgan fingerprint density at radius 2 is 2.10 bits per heavy atom. The zero-order valence-corrected chi connectivity index (χ0v) is 12.6. The molecule has 5 heteroatoms. The first-order valence-corrected chi connectivity index (χ1v) is 6.90. The Morgan fingerprint density at radius 1 is 1.30 bits per heavy atom. The van der Waals surface area contributed by atoms with Crippen molar-refractivity contribution in [3.8, 4) is 11.6 Å². The van der Waals surface area contributed by atoms with Gasteiger partial charge in [0.05, 0.1) is 16.9 Å². The molecule has 0 aliphatic carbocycles. The van der Waals surface area contributed by atoms with Crippen LogP contribution in [0.15, 0.2) is 30.6 Å². The summed E-state index contributed by atoms with van der Waals surface area (Å²) in [5.41, 5.74) is 1.92. The third-order valence-electron chi connectivity index (χ3n) is 2.66. The Labute approximate surface area is 124 Å². The van der Waals surface area contributed by atoms with Gasteiger partial charge in [0.1, 0.15) is 5.75 Å². The molecule has 4 nitrogen and oxygen atoms in total. The highest BCUT2D eigenvalue weighted by Gasteiger charge is 2.06. The van der Waals surface area contributed by atoms with Crippen LogP contribution in [0.5, 0.6) is 11.6 Å². The maximum Gasteiger partial charge on any atom is 0.238 e. The summed E-state index contributed by atoms with van der Waals surface area (Å²) in [5, 5.41) is 3.85. The Bertz CT molecular complexity index is 587. The molecule has 0 amide bonds. The third-order valence-corrected chi connectivity index (χ3v) is 2.95. The fourth-order valence-electron chi connectivity index (χ4n) is 1.63. The van der Waals surface area contributed by atoms with Gasteiger partial charge in [-0.25, -0.2) is 4.98 Å². The van der Waals surface area contributed by atoms with Gasteiger partial charge in [0.25, 0.3) is 0 Å². The molecule has 0 bridgehead atoms. The number of ether oxygens (including phenoxy) is 1. The molecule has 106 valence electrons. The van der Waals surface area contributed by atoms with Crippen molar-refractivity contribution in [3.05, 3.63) is 46.9 Å². The molecule has 0 aliphatic heterocycles. The summed E-state index contributed by atoms with van der Waals surface area (Å²) in [5.74, 6) is 1.03. The molecule has 1 aromatic carbocycles. The van der Waals surface area contributed by atoms with Gasteiger partial charge in [-0.05, 0) is 24.6 Å². The smallest absolute Gasteiger partial charge is 0.238 e. The number of rotatable bonds is 5. The van der Waals surface area contributed by atoms with E-state index < -0.39 is 0 Å². The lowest BCUT2D eigenvalue weighted by atomic mass is 10.2. The summed E-state index contributed by atoms with van der Waals surface area (Å²) >= 11 is 6.14. The quantitative estimate of drug-likeness (QED) is 0.912. The predicted octanol–water partition coefficient (Wildman–Crippen LogP) is 3.73. The summed E-state index contributed by atoms with van der Waals surface area (Å²) in [7, 11) is 0. The molecule has 0 spiro atoms. The van der Waals surface area contributed by atoms with E-state index in [4.69, 9.17) is 16.3 Å². The lowest BCUT2D eigenvalue weighted by Gasteiger charge is -2.10. The second kappa shape index (κ2) is 6.68.